The lowest BCUT2D eigenvalue weighted by Gasteiger charge is -2.11. The number of rotatable bonds is 4. The number of nitrogens with zero attached hydrogens (tertiary/aromatic N) is 1. The summed E-state index contributed by atoms with van der Waals surface area (Å²) in [5, 5.41) is 11.7. The van der Waals surface area contributed by atoms with E-state index in [9.17, 15) is 4.79 Å². The van der Waals surface area contributed by atoms with Gasteiger partial charge in [0.2, 0.25) is 5.91 Å². The largest absolute Gasteiger partial charge is 0.324 e. The molecule has 0 heterocycles. The molecule has 1 amide bonds. The fraction of sp³-hybridized carbons (Fsp3) is 0.273. The first kappa shape index (κ1) is 14.2. The normalized spacial score (nSPS) is 11.6. The third kappa shape index (κ3) is 4.47. The average Bonchev–Trinajstić information content (AvgIpc) is 2.30. The van der Waals surface area contributed by atoms with E-state index in [2.05, 4.69) is 5.32 Å². The zero-order chi connectivity index (χ0) is 12.8. The zero-order valence-corrected chi connectivity index (χ0v) is 11.4. The molecule has 90 valence electrons. The number of nitriles is 1. The van der Waals surface area contributed by atoms with Crippen LogP contribution in [0.5, 0.6) is 0 Å². The van der Waals surface area contributed by atoms with Gasteiger partial charge < -0.3 is 5.32 Å². The van der Waals surface area contributed by atoms with E-state index in [1.165, 1.54) is 11.8 Å². The Labute approximate surface area is 114 Å². The van der Waals surface area contributed by atoms with Crippen molar-refractivity contribution in [3.8, 4) is 6.07 Å². The molecule has 0 aliphatic carbocycles. The van der Waals surface area contributed by atoms with Crippen molar-refractivity contribution in [1.29, 1.82) is 5.26 Å². The summed E-state index contributed by atoms with van der Waals surface area (Å²) in [6.07, 6.45) is 0. The summed E-state index contributed by atoms with van der Waals surface area (Å²) >= 11 is 13.0. The van der Waals surface area contributed by atoms with Crippen molar-refractivity contribution in [2.45, 2.75) is 12.2 Å². The molecular formula is C11H10Cl2N2OS. The van der Waals surface area contributed by atoms with Gasteiger partial charge in [-0.1, -0.05) is 23.2 Å². The Kier molecular flexibility index (Phi) is 5.63. The first-order valence-electron chi connectivity index (χ1n) is 4.79. The molecule has 1 rings (SSSR count). The molecule has 0 radical (unpaired) electrons. The Balaban J connectivity index is 2.68. The van der Waals surface area contributed by atoms with Gasteiger partial charge in [-0.2, -0.15) is 5.26 Å². The lowest BCUT2D eigenvalue weighted by Crippen LogP contribution is -2.22. The van der Waals surface area contributed by atoms with Crippen LogP contribution in [0.25, 0.3) is 0 Å². The zero-order valence-electron chi connectivity index (χ0n) is 9.04. The summed E-state index contributed by atoms with van der Waals surface area (Å²) in [6.45, 7) is 1.73. The fourth-order valence-corrected chi connectivity index (χ4v) is 1.94. The smallest absolute Gasteiger partial charge is 0.237 e. The Morgan fingerprint density at radius 1 is 1.59 bits per heavy atom. The number of hydrogen-bond acceptors (Lipinski definition) is 3. The van der Waals surface area contributed by atoms with Crippen molar-refractivity contribution < 1.29 is 4.79 Å². The van der Waals surface area contributed by atoms with Crippen molar-refractivity contribution in [2.24, 2.45) is 0 Å². The maximum atomic E-state index is 11.7. The number of nitrogens with one attached hydrogen (secondary N) is 1. The molecule has 6 heteroatoms. The number of carbonyl (C=O) groups excluding carboxylic acids is 1. The summed E-state index contributed by atoms with van der Waals surface area (Å²) in [6, 6.07) is 6.82. The van der Waals surface area contributed by atoms with Gasteiger partial charge in [0.25, 0.3) is 0 Å². The van der Waals surface area contributed by atoms with E-state index < -0.39 is 0 Å². The molecule has 1 N–H and O–H groups in total. The molecule has 0 spiro atoms. The molecule has 3 nitrogen and oxygen atoms in total. The molecule has 1 aromatic carbocycles. The monoisotopic (exact) mass is 288 g/mol. The van der Waals surface area contributed by atoms with Gasteiger partial charge in [-0.15, -0.1) is 11.8 Å². The first-order chi connectivity index (χ1) is 8.04. The first-order valence-corrected chi connectivity index (χ1v) is 6.59. The van der Waals surface area contributed by atoms with Crippen LogP contribution in [-0.2, 0) is 4.79 Å². The SMILES string of the molecule is CC(SCC#N)C(=O)Nc1cc(Cl)ccc1Cl. The fourth-order valence-electron chi connectivity index (χ4n) is 1.07. The van der Waals surface area contributed by atoms with Gasteiger partial charge in [0.15, 0.2) is 0 Å². The number of halogens is 2. The van der Waals surface area contributed by atoms with Crippen LogP contribution in [0.2, 0.25) is 10.0 Å². The van der Waals surface area contributed by atoms with Crippen LogP contribution in [-0.4, -0.2) is 16.9 Å². The average molecular weight is 289 g/mol. The highest BCUT2D eigenvalue weighted by molar-refractivity contribution is 8.00. The van der Waals surface area contributed by atoms with E-state index in [1.807, 2.05) is 6.07 Å². The molecular weight excluding hydrogens is 279 g/mol. The number of amides is 1. The van der Waals surface area contributed by atoms with Gasteiger partial charge >= 0.3 is 0 Å². The lowest BCUT2D eigenvalue weighted by atomic mass is 10.3. The number of benzene rings is 1. The van der Waals surface area contributed by atoms with Crippen molar-refractivity contribution in [3.63, 3.8) is 0 Å². The second kappa shape index (κ2) is 6.75. The molecule has 0 bridgehead atoms. The molecule has 0 aliphatic heterocycles. The third-order valence-corrected chi connectivity index (χ3v) is 3.53. The van der Waals surface area contributed by atoms with Gasteiger partial charge in [-0.25, -0.2) is 0 Å². The van der Waals surface area contributed by atoms with Crippen LogP contribution < -0.4 is 5.32 Å². The van der Waals surface area contributed by atoms with E-state index in [0.29, 0.717) is 15.7 Å². The summed E-state index contributed by atoms with van der Waals surface area (Å²) in [7, 11) is 0. The number of hydrogen-bond donors (Lipinski definition) is 1. The highest BCUT2D eigenvalue weighted by atomic mass is 35.5. The Bertz CT molecular complexity index is 459. The predicted molar refractivity (Wildman–Crippen MR) is 72.6 cm³/mol. The predicted octanol–water partition coefficient (Wildman–Crippen LogP) is 3.58. The van der Waals surface area contributed by atoms with Crippen LogP contribution in [0.1, 0.15) is 6.92 Å². The molecule has 1 aromatic rings. The van der Waals surface area contributed by atoms with Gasteiger partial charge in [0, 0.05) is 5.02 Å². The molecule has 1 unspecified atom stereocenters. The van der Waals surface area contributed by atoms with E-state index in [-0.39, 0.29) is 16.9 Å². The maximum Gasteiger partial charge on any atom is 0.237 e. The Morgan fingerprint density at radius 2 is 2.29 bits per heavy atom. The summed E-state index contributed by atoms with van der Waals surface area (Å²) in [4.78, 5) is 11.7. The highest BCUT2D eigenvalue weighted by Gasteiger charge is 2.14. The van der Waals surface area contributed by atoms with Crippen molar-refractivity contribution >= 4 is 46.6 Å². The number of carbonyl (C=O) groups is 1. The molecule has 0 saturated carbocycles. The molecule has 1 atom stereocenters. The van der Waals surface area contributed by atoms with Crippen LogP contribution >= 0.6 is 35.0 Å². The minimum absolute atomic E-state index is 0.200. The Hall–Kier alpha value is -0.890. The molecule has 0 saturated heterocycles. The molecule has 17 heavy (non-hydrogen) atoms. The van der Waals surface area contributed by atoms with Crippen molar-refractivity contribution in [2.75, 3.05) is 11.1 Å². The standard InChI is InChI=1S/C11H10Cl2N2OS/c1-7(17-5-4-14)11(16)15-10-6-8(12)2-3-9(10)13/h2-3,6-7H,5H2,1H3,(H,15,16). The Morgan fingerprint density at radius 3 is 2.94 bits per heavy atom. The maximum absolute atomic E-state index is 11.7. The molecule has 0 aromatic heterocycles. The summed E-state index contributed by atoms with van der Waals surface area (Å²) < 4.78 is 0. The van der Waals surface area contributed by atoms with Crippen molar-refractivity contribution in [1.82, 2.24) is 0 Å². The quantitative estimate of drug-likeness (QED) is 0.921. The van der Waals surface area contributed by atoms with Gasteiger partial charge in [-0.3, -0.25) is 4.79 Å². The lowest BCUT2D eigenvalue weighted by molar-refractivity contribution is -0.115. The van der Waals surface area contributed by atoms with Gasteiger partial charge in [0.1, 0.15) is 0 Å². The molecule has 0 fully saturated rings. The minimum atomic E-state index is -0.315. The highest BCUT2D eigenvalue weighted by Crippen LogP contribution is 2.26. The van der Waals surface area contributed by atoms with E-state index >= 15 is 0 Å². The minimum Gasteiger partial charge on any atom is -0.324 e. The van der Waals surface area contributed by atoms with Crippen LogP contribution in [0.15, 0.2) is 18.2 Å². The van der Waals surface area contributed by atoms with E-state index in [0.717, 1.165) is 0 Å². The summed E-state index contributed by atoms with van der Waals surface area (Å²) in [5.74, 6) is 0.0760. The third-order valence-electron chi connectivity index (χ3n) is 1.95. The van der Waals surface area contributed by atoms with Crippen LogP contribution in [0.3, 0.4) is 0 Å². The van der Waals surface area contributed by atoms with E-state index in [1.54, 1.807) is 25.1 Å². The van der Waals surface area contributed by atoms with Crippen molar-refractivity contribution in [3.05, 3.63) is 28.2 Å². The second-order valence-electron chi connectivity index (χ2n) is 3.22. The van der Waals surface area contributed by atoms with Gasteiger partial charge in [-0.05, 0) is 25.1 Å². The summed E-state index contributed by atoms with van der Waals surface area (Å²) in [5.41, 5.74) is 0.480. The number of anilines is 1. The van der Waals surface area contributed by atoms with Crippen LogP contribution in [0, 0.1) is 11.3 Å². The molecule has 0 aliphatic rings. The second-order valence-corrected chi connectivity index (χ2v) is 5.40. The van der Waals surface area contributed by atoms with E-state index in [4.69, 9.17) is 28.5 Å². The van der Waals surface area contributed by atoms with Gasteiger partial charge in [0.05, 0.1) is 27.8 Å². The topological polar surface area (TPSA) is 52.9 Å². The number of thioether (sulfide) groups is 1. The van der Waals surface area contributed by atoms with Crippen LogP contribution in [0.4, 0.5) is 5.69 Å².